The summed E-state index contributed by atoms with van der Waals surface area (Å²) in [4.78, 5) is 12.8. The van der Waals surface area contributed by atoms with E-state index in [0.717, 1.165) is 25.7 Å². The molecule has 0 spiro atoms. The first-order valence-electron chi connectivity index (χ1n) is 13.6. The molecule has 13 nitrogen and oxygen atoms in total. The van der Waals surface area contributed by atoms with E-state index < -0.39 is 80.3 Å². The van der Waals surface area contributed by atoms with Crippen LogP contribution in [0.2, 0.25) is 0 Å². The second kappa shape index (κ2) is 15.7. The number of carbonyl (C=O) groups excluding carboxylic acids is 1. The number of esters is 1. The quantitative estimate of drug-likeness (QED) is 0.0602. The molecule has 2 rings (SSSR count). The molecule has 38 heavy (non-hydrogen) atoms. The molecular formula is C25H46O13. The summed E-state index contributed by atoms with van der Waals surface area (Å²) in [7, 11) is 0. The first-order chi connectivity index (χ1) is 18.1. The number of hydrogen-bond donors (Lipinski definition) is 8. The maximum Gasteiger partial charge on any atom is 0.362 e. The van der Waals surface area contributed by atoms with Crippen molar-refractivity contribution in [1.82, 2.24) is 0 Å². The van der Waals surface area contributed by atoms with Gasteiger partial charge in [-0.05, 0) is 6.42 Å². The van der Waals surface area contributed by atoms with E-state index in [9.17, 15) is 45.6 Å². The van der Waals surface area contributed by atoms with E-state index in [0.29, 0.717) is 6.42 Å². The number of unbranched alkanes of at least 4 members (excludes halogenated alkanes) is 9. The van der Waals surface area contributed by atoms with Crippen LogP contribution in [-0.4, -0.2) is 121 Å². The number of hydrogen-bond acceptors (Lipinski definition) is 13. The van der Waals surface area contributed by atoms with Gasteiger partial charge in [0.2, 0.25) is 5.79 Å². The molecule has 2 aliphatic heterocycles. The van der Waals surface area contributed by atoms with Gasteiger partial charge in [0.05, 0.1) is 13.2 Å². The van der Waals surface area contributed by atoms with E-state index in [1.807, 2.05) is 0 Å². The lowest BCUT2D eigenvalue weighted by Gasteiger charge is -2.49. The third kappa shape index (κ3) is 8.04. The van der Waals surface area contributed by atoms with Gasteiger partial charge in [-0.25, -0.2) is 0 Å². The van der Waals surface area contributed by atoms with Gasteiger partial charge >= 0.3 is 11.9 Å². The van der Waals surface area contributed by atoms with Gasteiger partial charge in [-0.3, -0.25) is 9.53 Å². The van der Waals surface area contributed by atoms with E-state index >= 15 is 0 Å². The van der Waals surface area contributed by atoms with Crippen LogP contribution in [0.15, 0.2) is 0 Å². The van der Waals surface area contributed by atoms with Crippen molar-refractivity contribution in [3.8, 4) is 0 Å². The molecule has 9 atom stereocenters. The summed E-state index contributed by atoms with van der Waals surface area (Å²) in [6.07, 6.45) is -2.73. The molecule has 1 unspecified atom stereocenters. The molecular weight excluding hydrogens is 508 g/mol. The number of rotatable bonds is 17. The SMILES string of the molecule is CCCCCCCCCCCCC(=O)O[C@@]1(OC2(CO)O[C@H](CO)[C@@H](O)[C@@H]2O)O[C@H](CO)[C@@H](O)[C@H](O)[C@H]1O. The molecule has 13 heteroatoms. The first kappa shape index (κ1) is 33.2. The van der Waals surface area contributed by atoms with Crippen molar-refractivity contribution in [2.45, 2.75) is 132 Å². The predicted octanol–water partition coefficient (Wildman–Crippen LogP) is -1.21. The molecule has 2 saturated heterocycles. The van der Waals surface area contributed by atoms with Crippen molar-refractivity contribution < 1.29 is 64.6 Å². The van der Waals surface area contributed by atoms with Crippen molar-refractivity contribution >= 4 is 5.97 Å². The fourth-order valence-electron chi connectivity index (χ4n) is 4.76. The van der Waals surface area contributed by atoms with E-state index in [1.165, 1.54) is 32.1 Å². The molecule has 2 aliphatic rings. The minimum Gasteiger partial charge on any atom is -0.405 e. The predicted molar refractivity (Wildman–Crippen MR) is 130 cm³/mol. The molecule has 224 valence electrons. The Kier molecular flexibility index (Phi) is 13.8. The molecule has 0 aliphatic carbocycles. The summed E-state index contributed by atoms with van der Waals surface area (Å²) in [5.74, 6) is -6.44. The third-order valence-electron chi connectivity index (χ3n) is 7.12. The highest BCUT2D eigenvalue weighted by Crippen LogP contribution is 2.41. The Bertz CT molecular complexity index is 694. The van der Waals surface area contributed by atoms with Gasteiger partial charge in [0.15, 0.2) is 6.10 Å². The summed E-state index contributed by atoms with van der Waals surface area (Å²) < 4.78 is 21.6. The molecule has 0 radical (unpaired) electrons. The summed E-state index contributed by atoms with van der Waals surface area (Å²) in [5.41, 5.74) is 0. The highest BCUT2D eigenvalue weighted by atomic mass is 16.9. The van der Waals surface area contributed by atoms with Crippen LogP contribution in [0, 0.1) is 0 Å². The van der Waals surface area contributed by atoms with Crippen LogP contribution in [0.3, 0.4) is 0 Å². The van der Waals surface area contributed by atoms with Gasteiger partial charge in [0, 0.05) is 6.42 Å². The zero-order chi connectivity index (χ0) is 28.3. The van der Waals surface area contributed by atoms with Crippen LogP contribution in [0.25, 0.3) is 0 Å². The van der Waals surface area contributed by atoms with Gasteiger partial charge < -0.3 is 55.1 Å². The molecule has 2 fully saturated rings. The maximum atomic E-state index is 12.8. The van der Waals surface area contributed by atoms with Crippen molar-refractivity contribution in [2.24, 2.45) is 0 Å². The lowest BCUT2D eigenvalue weighted by molar-refractivity contribution is -0.498. The second-order valence-corrected chi connectivity index (χ2v) is 10.1. The standard InChI is InChI=1S/C25H46O13/c1-2-3-4-5-6-7-8-9-10-11-12-18(29)37-25(23(34)21(32)19(30)16(13-26)36-25)38-24(15-28)22(33)20(31)17(14-27)35-24/h16-17,19-23,26-28,30-34H,2-15H2,1H3/t16-,17-,19-,20-,21+,22+,23-,24?,25+/m1/s1. The third-order valence-corrected chi connectivity index (χ3v) is 7.12. The van der Waals surface area contributed by atoms with Crippen LogP contribution in [-0.2, 0) is 23.7 Å². The highest BCUT2D eigenvalue weighted by Gasteiger charge is 2.65. The topological polar surface area (TPSA) is 216 Å². The molecule has 0 aromatic carbocycles. The highest BCUT2D eigenvalue weighted by molar-refractivity contribution is 5.69. The van der Waals surface area contributed by atoms with E-state index in [4.69, 9.17) is 18.9 Å². The Hall–Kier alpha value is -0.970. The van der Waals surface area contributed by atoms with Crippen LogP contribution in [0.5, 0.6) is 0 Å². The molecule has 0 amide bonds. The summed E-state index contributed by atoms with van der Waals surface area (Å²) in [6.45, 7) is -0.648. The van der Waals surface area contributed by atoms with Gasteiger partial charge in [-0.15, -0.1) is 0 Å². The van der Waals surface area contributed by atoms with Gasteiger partial charge in [-0.2, -0.15) is 0 Å². The number of aliphatic hydroxyl groups is 8. The number of carbonyl (C=O) groups is 1. The average Bonchev–Trinajstić information content (AvgIpc) is 3.15. The molecule has 0 aromatic rings. The molecule has 8 N–H and O–H groups in total. The Labute approximate surface area is 222 Å². The lowest BCUT2D eigenvalue weighted by atomic mass is 9.97. The molecule has 0 bridgehead atoms. The van der Waals surface area contributed by atoms with E-state index in [2.05, 4.69) is 6.92 Å². The summed E-state index contributed by atoms with van der Waals surface area (Å²) >= 11 is 0. The fraction of sp³-hybridized carbons (Fsp3) is 0.960. The van der Waals surface area contributed by atoms with Gasteiger partial charge in [0.25, 0.3) is 0 Å². The van der Waals surface area contributed by atoms with E-state index in [-0.39, 0.29) is 6.42 Å². The van der Waals surface area contributed by atoms with Gasteiger partial charge in [0.1, 0.15) is 43.2 Å². The van der Waals surface area contributed by atoms with Crippen LogP contribution < -0.4 is 0 Å². The molecule has 0 aromatic heterocycles. The number of aliphatic hydroxyl groups excluding tert-OH is 8. The number of ether oxygens (including phenoxy) is 4. The minimum absolute atomic E-state index is 0.127. The smallest absolute Gasteiger partial charge is 0.362 e. The van der Waals surface area contributed by atoms with Crippen molar-refractivity contribution in [3.05, 3.63) is 0 Å². The Balaban J connectivity index is 2.06. The first-order valence-corrected chi connectivity index (χ1v) is 13.6. The monoisotopic (exact) mass is 554 g/mol. The van der Waals surface area contributed by atoms with Crippen molar-refractivity contribution in [2.75, 3.05) is 19.8 Å². The fourth-order valence-corrected chi connectivity index (χ4v) is 4.76. The normalized spacial score (nSPS) is 37.4. The maximum absolute atomic E-state index is 12.8. The summed E-state index contributed by atoms with van der Waals surface area (Å²) in [6, 6.07) is 0. The average molecular weight is 555 g/mol. The van der Waals surface area contributed by atoms with Crippen LogP contribution in [0.1, 0.15) is 77.6 Å². The molecule has 2 heterocycles. The van der Waals surface area contributed by atoms with Crippen LogP contribution in [0.4, 0.5) is 0 Å². The second-order valence-electron chi connectivity index (χ2n) is 10.1. The minimum atomic E-state index is -2.95. The molecule has 0 saturated carbocycles. The zero-order valence-corrected chi connectivity index (χ0v) is 22.1. The van der Waals surface area contributed by atoms with E-state index in [1.54, 1.807) is 0 Å². The Morgan fingerprint density at radius 1 is 0.711 bits per heavy atom. The zero-order valence-electron chi connectivity index (χ0n) is 22.1. The lowest BCUT2D eigenvalue weighted by Crippen LogP contribution is -2.70. The van der Waals surface area contributed by atoms with Crippen molar-refractivity contribution in [1.29, 1.82) is 0 Å². The summed E-state index contributed by atoms with van der Waals surface area (Å²) in [5, 5.41) is 81.0. The largest absolute Gasteiger partial charge is 0.405 e. The van der Waals surface area contributed by atoms with Gasteiger partial charge in [-0.1, -0.05) is 64.7 Å². The van der Waals surface area contributed by atoms with Crippen LogP contribution >= 0.6 is 0 Å². The van der Waals surface area contributed by atoms with Crippen molar-refractivity contribution in [3.63, 3.8) is 0 Å². The Morgan fingerprint density at radius 2 is 1.24 bits per heavy atom. The Morgan fingerprint density at radius 3 is 1.74 bits per heavy atom.